The molecular formula is C22H17NO3. The van der Waals surface area contributed by atoms with Gasteiger partial charge in [-0.25, -0.2) is 0 Å². The molecule has 4 nitrogen and oxygen atoms in total. The normalized spacial score (nSPS) is 19.1. The fraction of sp³-hybridized carbons (Fsp3) is 0.0909. The number of benzene rings is 3. The Bertz CT molecular complexity index is 953. The number of hydrogen-bond donors (Lipinski definition) is 1. The molecule has 0 bridgehead atoms. The molecule has 1 amide bonds. The van der Waals surface area contributed by atoms with E-state index in [9.17, 15) is 14.7 Å². The van der Waals surface area contributed by atoms with E-state index in [1.54, 1.807) is 29.2 Å². The summed E-state index contributed by atoms with van der Waals surface area (Å²) in [5, 5.41) is 10.0. The van der Waals surface area contributed by atoms with Crippen molar-refractivity contribution >= 4 is 17.6 Å². The highest BCUT2D eigenvalue weighted by Crippen LogP contribution is 2.44. The maximum atomic E-state index is 13.3. The molecule has 4 heteroatoms. The van der Waals surface area contributed by atoms with Gasteiger partial charge in [-0.1, -0.05) is 66.7 Å². The predicted octanol–water partition coefficient (Wildman–Crippen LogP) is 4.26. The van der Waals surface area contributed by atoms with Crippen LogP contribution in [0.5, 0.6) is 0 Å². The van der Waals surface area contributed by atoms with E-state index in [1.807, 2.05) is 60.7 Å². The standard InChI is InChI=1S/C22H17NO3/c24-21-18-14-8-7-13-17(18)19(22(25)26)20(15-9-3-1-4-10-15)23(21)16-11-5-2-6-12-16/h1-14,19-20H,(H,25,26)/t19-,20-/m0/s1. The molecule has 26 heavy (non-hydrogen) atoms. The zero-order chi connectivity index (χ0) is 18.1. The van der Waals surface area contributed by atoms with E-state index >= 15 is 0 Å². The number of carboxylic acid groups (broad SMARTS) is 1. The van der Waals surface area contributed by atoms with Crippen LogP contribution < -0.4 is 4.90 Å². The lowest BCUT2D eigenvalue weighted by molar-refractivity contribution is -0.139. The number of para-hydroxylation sites is 1. The van der Waals surface area contributed by atoms with Crippen molar-refractivity contribution in [2.75, 3.05) is 4.90 Å². The highest BCUT2D eigenvalue weighted by Gasteiger charge is 2.44. The van der Waals surface area contributed by atoms with Gasteiger partial charge in [0.25, 0.3) is 5.91 Å². The fourth-order valence-electron chi connectivity index (χ4n) is 3.66. The average Bonchev–Trinajstić information content (AvgIpc) is 2.69. The molecule has 1 aliphatic rings. The first-order valence-corrected chi connectivity index (χ1v) is 8.44. The van der Waals surface area contributed by atoms with Gasteiger partial charge in [0.1, 0.15) is 5.92 Å². The number of amides is 1. The Morgan fingerprint density at radius 3 is 2.04 bits per heavy atom. The predicted molar refractivity (Wildman–Crippen MR) is 99.3 cm³/mol. The van der Waals surface area contributed by atoms with Gasteiger partial charge in [0.2, 0.25) is 0 Å². The van der Waals surface area contributed by atoms with E-state index in [0.29, 0.717) is 16.8 Å². The van der Waals surface area contributed by atoms with Crippen molar-refractivity contribution < 1.29 is 14.7 Å². The van der Waals surface area contributed by atoms with Crippen molar-refractivity contribution in [3.8, 4) is 0 Å². The first-order valence-electron chi connectivity index (χ1n) is 8.44. The molecule has 1 aliphatic heterocycles. The van der Waals surface area contributed by atoms with Crippen molar-refractivity contribution in [2.45, 2.75) is 12.0 Å². The summed E-state index contributed by atoms with van der Waals surface area (Å²) in [5.74, 6) is -1.97. The van der Waals surface area contributed by atoms with Gasteiger partial charge in [-0.15, -0.1) is 0 Å². The van der Waals surface area contributed by atoms with Gasteiger partial charge < -0.3 is 5.11 Å². The summed E-state index contributed by atoms with van der Waals surface area (Å²) in [7, 11) is 0. The van der Waals surface area contributed by atoms with Crippen LogP contribution in [0.4, 0.5) is 5.69 Å². The van der Waals surface area contributed by atoms with Gasteiger partial charge in [0, 0.05) is 11.3 Å². The molecule has 0 unspecified atom stereocenters. The van der Waals surface area contributed by atoms with Gasteiger partial charge in [0.15, 0.2) is 0 Å². The lowest BCUT2D eigenvalue weighted by Crippen LogP contribution is -2.45. The quantitative estimate of drug-likeness (QED) is 0.773. The molecule has 0 saturated carbocycles. The van der Waals surface area contributed by atoms with Gasteiger partial charge >= 0.3 is 5.97 Å². The Morgan fingerprint density at radius 2 is 1.38 bits per heavy atom. The molecule has 0 aliphatic carbocycles. The van der Waals surface area contributed by atoms with Crippen LogP contribution in [0, 0.1) is 0 Å². The molecule has 0 fully saturated rings. The van der Waals surface area contributed by atoms with E-state index in [-0.39, 0.29) is 5.91 Å². The summed E-state index contributed by atoms with van der Waals surface area (Å²) in [6, 6.07) is 25.0. The van der Waals surface area contributed by atoms with Crippen LogP contribution >= 0.6 is 0 Å². The molecule has 0 aromatic heterocycles. The summed E-state index contributed by atoms with van der Waals surface area (Å²) in [5.41, 5.74) is 2.49. The second kappa shape index (κ2) is 6.48. The second-order valence-electron chi connectivity index (χ2n) is 6.27. The van der Waals surface area contributed by atoms with E-state index in [4.69, 9.17) is 0 Å². The van der Waals surface area contributed by atoms with Gasteiger partial charge in [-0.05, 0) is 29.3 Å². The van der Waals surface area contributed by atoms with Crippen molar-refractivity contribution in [1.29, 1.82) is 0 Å². The monoisotopic (exact) mass is 343 g/mol. The van der Waals surface area contributed by atoms with Crippen LogP contribution in [0.2, 0.25) is 0 Å². The smallest absolute Gasteiger partial charge is 0.313 e. The van der Waals surface area contributed by atoms with Crippen LogP contribution in [-0.4, -0.2) is 17.0 Å². The molecule has 0 radical (unpaired) electrons. The van der Waals surface area contributed by atoms with Crippen LogP contribution in [0.1, 0.15) is 33.4 Å². The van der Waals surface area contributed by atoms with Crippen LogP contribution in [0.15, 0.2) is 84.9 Å². The SMILES string of the molecule is O=C(O)[C@H]1c2ccccc2C(=O)N(c2ccccc2)[C@H]1c1ccccc1. The van der Waals surface area contributed by atoms with E-state index in [1.165, 1.54) is 0 Å². The number of carbonyl (C=O) groups is 2. The van der Waals surface area contributed by atoms with Crippen LogP contribution in [0.25, 0.3) is 0 Å². The minimum atomic E-state index is -0.945. The Kier molecular flexibility index (Phi) is 4.01. The molecular weight excluding hydrogens is 326 g/mol. The Balaban J connectivity index is 1.99. The first-order chi connectivity index (χ1) is 12.7. The number of nitrogens with zero attached hydrogens (tertiary/aromatic N) is 1. The average molecular weight is 343 g/mol. The number of fused-ring (bicyclic) bond motifs is 1. The molecule has 0 saturated heterocycles. The van der Waals surface area contributed by atoms with E-state index in [0.717, 1.165) is 5.56 Å². The molecule has 1 N–H and O–H groups in total. The molecule has 4 rings (SSSR count). The maximum absolute atomic E-state index is 13.3. The van der Waals surface area contributed by atoms with Gasteiger partial charge in [-0.3, -0.25) is 14.5 Å². The fourth-order valence-corrected chi connectivity index (χ4v) is 3.66. The molecule has 1 heterocycles. The third-order valence-electron chi connectivity index (χ3n) is 4.78. The summed E-state index contributed by atoms with van der Waals surface area (Å²) in [4.78, 5) is 27.2. The van der Waals surface area contributed by atoms with Crippen molar-refractivity contribution in [2.24, 2.45) is 0 Å². The topological polar surface area (TPSA) is 57.6 Å². The van der Waals surface area contributed by atoms with E-state index in [2.05, 4.69) is 0 Å². The molecule has 3 aromatic rings. The Hall–Kier alpha value is -3.40. The lowest BCUT2D eigenvalue weighted by atomic mass is 9.79. The highest BCUT2D eigenvalue weighted by molar-refractivity contribution is 6.10. The zero-order valence-electron chi connectivity index (χ0n) is 13.9. The van der Waals surface area contributed by atoms with E-state index < -0.39 is 17.9 Å². The van der Waals surface area contributed by atoms with Crippen LogP contribution in [-0.2, 0) is 4.79 Å². The van der Waals surface area contributed by atoms with Gasteiger partial charge in [0.05, 0.1) is 6.04 Å². The maximum Gasteiger partial charge on any atom is 0.313 e. The number of carboxylic acids is 1. The Morgan fingerprint density at radius 1 is 0.808 bits per heavy atom. The molecule has 2 atom stereocenters. The third-order valence-corrected chi connectivity index (χ3v) is 4.78. The highest BCUT2D eigenvalue weighted by atomic mass is 16.4. The number of anilines is 1. The number of aliphatic carboxylic acids is 1. The zero-order valence-corrected chi connectivity index (χ0v) is 13.9. The lowest BCUT2D eigenvalue weighted by Gasteiger charge is -2.40. The third kappa shape index (κ3) is 2.56. The largest absolute Gasteiger partial charge is 0.481 e. The van der Waals surface area contributed by atoms with Crippen molar-refractivity contribution in [1.82, 2.24) is 0 Å². The summed E-state index contributed by atoms with van der Waals surface area (Å²) in [6.07, 6.45) is 0. The molecule has 3 aromatic carbocycles. The van der Waals surface area contributed by atoms with Crippen molar-refractivity contribution in [3.05, 3.63) is 102 Å². The van der Waals surface area contributed by atoms with Crippen molar-refractivity contribution in [3.63, 3.8) is 0 Å². The number of carbonyl (C=O) groups excluding carboxylic acids is 1. The number of hydrogen-bond acceptors (Lipinski definition) is 2. The number of rotatable bonds is 3. The summed E-state index contributed by atoms with van der Waals surface area (Å²) in [6.45, 7) is 0. The minimum Gasteiger partial charge on any atom is -0.481 e. The minimum absolute atomic E-state index is 0.182. The summed E-state index contributed by atoms with van der Waals surface area (Å²) < 4.78 is 0. The molecule has 0 spiro atoms. The second-order valence-corrected chi connectivity index (χ2v) is 6.27. The Labute approximate surface area is 151 Å². The first kappa shape index (κ1) is 16.1. The van der Waals surface area contributed by atoms with Gasteiger partial charge in [-0.2, -0.15) is 0 Å². The van der Waals surface area contributed by atoms with Crippen LogP contribution in [0.3, 0.4) is 0 Å². The summed E-state index contributed by atoms with van der Waals surface area (Å²) >= 11 is 0. The molecule has 128 valence electrons.